The summed E-state index contributed by atoms with van der Waals surface area (Å²) in [7, 11) is 4.14. The Bertz CT molecular complexity index is 249. The number of carbonyl (C=O) groups excluding carboxylic acids is 1. The van der Waals surface area contributed by atoms with Gasteiger partial charge in [-0.3, -0.25) is 0 Å². The van der Waals surface area contributed by atoms with E-state index in [0.29, 0.717) is 23.7 Å². The number of nitrogens with zero attached hydrogens (tertiary/aromatic N) is 1. The number of likely N-dealkylation sites (N-methyl/N-ethyl adjacent to an activating group) is 1. The third-order valence-corrected chi connectivity index (χ3v) is 4.20. The first-order valence-corrected chi connectivity index (χ1v) is 8.38. The number of quaternary nitrogens is 1. The fourth-order valence-electron chi connectivity index (χ4n) is 1.98. The Morgan fingerprint density at radius 3 is 1.95 bits per heavy atom. The van der Waals surface area contributed by atoms with Gasteiger partial charge in [0.25, 0.3) is 0 Å². The van der Waals surface area contributed by atoms with E-state index in [0.717, 1.165) is 6.42 Å². The van der Waals surface area contributed by atoms with Crippen LogP contribution in [0.5, 0.6) is 0 Å². The van der Waals surface area contributed by atoms with Gasteiger partial charge in [0.15, 0.2) is 6.54 Å². The Morgan fingerprint density at radius 1 is 0.950 bits per heavy atom. The van der Waals surface area contributed by atoms with E-state index in [4.69, 9.17) is 4.74 Å². The molecule has 0 aliphatic rings. The Kier molecular flexibility index (Phi) is 10.8. The number of ether oxygens (including phenoxy) is 1. The maximum atomic E-state index is 11.7. The normalized spacial score (nSPS) is 11.9. The van der Waals surface area contributed by atoms with Gasteiger partial charge in [-0.1, -0.05) is 51.9 Å². The van der Waals surface area contributed by atoms with Gasteiger partial charge in [0, 0.05) is 0 Å². The van der Waals surface area contributed by atoms with Crippen molar-refractivity contribution in [1.82, 2.24) is 0 Å². The van der Waals surface area contributed by atoms with Gasteiger partial charge in [-0.25, -0.2) is 4.79 Å². The minimum atomic E-state index is -0.0633. The summed E-state index contributed by atoms with van der Waals surface area (Å²) in [4.78, 5) is 11.7. The highest BCUT2D eigenvalue weighted by Gasteiger charge is 2.24. The minimum absolute atomic E-state index is 0.0633. The van der Waals surface area contributed by atoms with Crippen LogP contribution < -0.4 is 0 Å². The van der Waals surface area contributed by atoms with Crippen LogP contribution in [0.15, 0.2) is 0 Å². The standard InChI is InChI=1S/C17H36NO2/c1-6-7-8-9-10-11-12-13-14-20-17(19)15-18(4,5)16(2)3/h16H,6-15H2,1-5H3/q+1. The number of rotatable bonds is 12. The van der Waals surface area contributed by atoms with Crippen LogP contribution >= 0.6 is 0 Å². The highest BCUT2D eigenvalue weighted by molar-refractivity contribution is 5.70. The second kappa shape index (κ2) is 11.1. The zero-order valence-corrected chi connectivity index (χ0v) is 14.4. The number of esters is 1. The maximum absolute atomic E-state index is 11.7. The highest BCUT2D eigenvalue weighted by atomic mass is 16.5. The predicted octanol–water partition coefficient (Wildman–Crippen LogP) is 4.16. The first-order chi connectivity index (χ1) is 9.40. The van der Waals surface area contributed by atoms with Crippen LogP contribution in [0, 0.1) is 0 Å². The molecule has 3 heteroatoms. The van der Waals surface area contributed by atoms with E-state index in [1.807, 2.05) is 0 Å². The van der Waals surface area contributed by atoms with Crippen molar-refractivity contribution < 1.29 is 14.0 Å². The molecule has 20 heavy (non-hydrogen) atoms. The molecule has 0 amide bonds. The van der Waals surface area contributed by atoms with Crippen LogP contribution in [0.1, 0.15) is 72.1 Å². The van der Waals surface area contributed by atoms with Gasteiger partial charge >= 0.3 is 5.97 Å². The highest BCUT2D eigenvalue weighted by Crippen LogP contribution is 2.09. The molecule has 0 atom stereocenters. The number of unbranched alkanes of at least 4 members (excludes halogenated alkanes) is 7. The van der Waals surface area contributed by atoms with Gasteiger partial charge < -0.3 is 9.22 Å². The summed E-state index contributed by atoms with van der Waals surface area (Å²) in [5.41, 5.74) is 0. The second-order valence-corrected chi connectivity index (χ2v) is 6.73. The lowest BCUT2D eigenvalue weighted by molar-refractivity contribution is -0.904. The summed E-state index contributed by atoms with van der Waals surface area (Å²) in [5, 5.41) is 0. The molecule has 0 aromatic heterocycles. The summed E-state index contributed by atoms with van der Waals surface area (Å²) in [6.45, 7) is 7.56. The van der Waals surface area contributed by atoms with Crippen molar-refractivity contribution in [3.05, 3.63) is 0 Å². The van der Waals surface area contributed by atoms with Crippen molar-refractivity contribution >= 4 is 5.97 Å². The molecule has 0 spiro atoms. The smallest absolute Gasteiger partial charge is 0.361 e. The number of hydrogen-bond donors (Lipinski definition) is 0. The van der Waals surface area contributed by atoms with Crippen LogP contribution in [0.3, 0.4) is 0 Å². The Morgan fingerprint density at radius 2 is 1.45 bits per heavy atom. The SMILES string of the molecule is CCCCCCCCCCOC(=O)C[N+](C)(C)C(C)C. The molecule has 0 heterocycles. The van der Waals surface area contributed by atoms with Crippen LogP contribution in [0.2, 0.25) is 0 Å². The largest absolute Gasteiger partial charge is 0.462 e. The molecule has 120 valence electrons. The van der Waals surface area contributed by atoms with E-state index in [2.05, 4.69) is 34.9 Å². The fourth-order valence-corrected chi connectivity index (χ4v) is 1.98. The second-order valence-electron chi connectivity index (χ2n) is 6.73. The van der Waals surface area contributed by atoms with E-state index in [9.17, 15) is 4.79 Å². The van der Waals surface area contributed by atoms with Crippen molar-refractivity contribution in [3.63, 3.8) is 0 Å². The van der Waals surface area contributed by atoms with E-state index in [1.54, 1.807) is 0 Å². The third-order valence-electron chi connectivity index (χ3n) is 4.20. The van der Waals surface area contributed by atoms with E-state index in [-0.39, 0.29) is 5.97 Å². The van der Waals surface area contributed by atoms with Crippen molar-refractivity contribution in [2.75, 3.05) is 27.2 Å². The molecule has 0 N–H and O–H groups in total. The summed E-state index contributed by atoms with van der Waals surface area (Å²) in [5.74, 6) is -0.0633. The Labute approximate surface area is 126 Å². The lowest BCUT2D eigenvalue weighted by Crippen LogP contribution is -2.49. The Balaban J connectivity index is 3.45. The van der Waals surface area contributed by atoms with Crippen LogP contribution in [0.4, 0.5) is 0 Å². The molecule has 0 aromatic rings. The zero-order valence-electron chi connectivity index (χ0n) is 14.4. The molecule has 0 bridgehead atoms. The molecular weight excluding hydrogens is 250 g/mol. The number of hydrogen-bond acceptors (Lipinski definition) is 2. The van der Waals surface area contributed by atoms with Gasteiger partial charge in [-0.15, -0.1) is 0 Å². The summed E-state index contributed by atoms with van der Waals surface area (Å²) < 4.78 is 6.01. The molecule has 0 aromatic carbocycles. The van der Waals surface area contributed by atoms with Crippen molar-refractivity contribution in [1.29, 1.82) is 0 Å². The topological polar surface area (TPSA) is 26.3 Å². The quantitative estimate of drug-likeness (QED) is 0.306. The molecule has 3 nitrogen and oxygen atoms in total. The fraction of sp³-hybridized carbons (Fsp3) is 0.941. The van der Waals surface area contributed by atoms with E-state index in [1.165, 1.54) is 44.9 Å². The van der Waals surface area contributed by atoms with Crippen molar-refractivity contribution in [2.24, 2.45) is 0 Å². The summed E-state index contributed by atoms with van der Waals surface area (Å²) in [6, 6.07) is 0.436. The average molecular weight is 286 g/mol. The molecule has 0 radical (unpaired) electrons. The molecule has 0 rings (SSSR count). The molecule has 0 aliphatic heterocycles. The van der Waals surface area contributed by atoms with E-state index < -0.39 is 0 Å². The first-order valence-electron chi connectivity index (χ1n) is 8.38. The average Bonchev–Trinajstić information content (AvgIpc) is 2.36. The van der Waals surface area contributed by atoms with Gasteiger partial charge in [0.2, 0.25) is 0 Å². The van der Waals surface area contributed by atoms with Crippen molar-refractivity contribution in [3.8, 4) is 0 Å². The van der Waals surface area contributed by atoms with E-state index >= 15 is 0 Å². The van der Waals surface area contributed by atoms with Crippen molar-refractivity contribution in [2.45, 2.75) is 78.2 Å². The van der Waals surface area contributed by atoms with Gasteiger partial charge in [0.1, 0.15) is 0 Å². The predicted molar refractivity (Wildman–Crippen MR) is 85.7 cm³/mol. The van der Waals surface area contributed by atoms with Gasteiger partial charge in [-0.05, 0) is 20.3 Å². The zero-order chi connectivity index (χ0) is 15.4. The molecule has 0 aliphatic carbocycles. The molecule has 0 unspecified atom stereocenters. The van der Waals surface area contributed by atoms with Gasteiger partial charge in [-0.2, -0.15) is 0 Å². The van der Waals surface area contributed by atoms with Crippen LogP contribution in [0.25, 0.3) is 0 Å². The van der Waals surface area contributed by atoms with Gasteiger partial charge in [0.05, 0.1) is 26.7 Å². The summed E-state index contributed by atoms with van der Waals surface area (Å²) >= 11 is 0. The molecule has 0 fully saturated rings. The third kappa shape index (κ3) is 10.2. The Hall–Kier alpha value is -0.570. The number of carbonyl (C=O) groups is 1. The lowest BCUT2D eigenvalue weighted by Gasteiger charge is -2.32. The maximum Gasteiger partial charge on any atom is 0.361 e. The molecular formula is C17H36NO2+. The van der Waals surface area contributed by atoms with Crippen LogP contribution in [-0.2, 0) is 9.53 Å². The lowest BCUT2D eigenvalue weighted by atomic mass is 10.1. The van der Waals surface area contributed by atoms with Crippen LogP contribution in [-0.4, -0.2) is 43.7 Å². The molecule has 0 saturated heterocycles. The molecule has 0 saturated carbocycles. The minimum Gasteiger partial charge on any atom is -0.462 e. The first kappa shape index (κ1) is 19.4. The summed E-state index contributed by atoms with van der Waals surface area (Å²) in [6.07, 6.45) is 10.2. The monoisotopic (exact) mass is 286 g/mol.